The Bertz CT molecular complexity index is 2120. The average Bonchev–Trinajstić information content (AvgIpc) is 4.09. The summed E-state index contributed by atoms with van der Waals surface area (Å²) in [6, 6.07) is 9.06. The highest BCUT2D eigenvalue weighted by Crippen LogP contribution is 2.48. The van der Waals surface area contributed by atoms with Crippen molar-refractivity contribution in [2.24, 2.45) is 4.99 Å². The number of hydrogen-bond acceptors (Lipinski definition) is 12. The summed E-state index contributed by atoms with van der Waals surface area (Å²) in [7, 11) is 5.49. The third-order valence-corrected chi connectivity index (χ3v) is 11.3. The van der Waals surface area contributed by atoms with Crippen molar-refractivity contribution < 1.29 is 47.6 Å². The van der Waals surface area contributed by atoms with Gasteiger partial charge in [-0.15, -0.1) is 0 Å². The number of methoxy groups -OCH3 is 4. The predicted molar refractivity (Wildman–Crippen MR) is 211 cm³/mol. The van der Waals surface area contributed by atoms with Crippen LogP contribution < -0.4 is 20.1 Å². The molecule has 6 atom stereocenters. The van der Waals surface area contributed by atoms with Gasteiger partial charge in [0.05, 0.1) is 50.4 Å². The van der Waals surface area contributed by atoms with Gasteiger partial charge >= 0.3 is 12.2 Å². The number of fused-ring (bicyclic) bond motifs is 2. The molecule has 58 heavy (non-hydrogen) atoms. The van der Waals surface area contributed by atoms with Gasteiger partial charge in [-0.05, 0) is 81.0 Å². The number of carbonyl (C=O) groups is 4. The Labute approximate surface area is 336 Å². The zero-order valence-corrected chi connectivity index (χ0v) is 33.4. The molecule has 2 fully saturated rings. The predicted octanol–water partition coefficient (Wildman–Crippen LogP) is 5.33. The fourth-order valence-corrected chi connectivity index (χ4v) is 7.88. The Morgan fingerprint density at radius 1 is 0.759 bits per heavy atom. The van der Waals surface area contributed by atoms with Crippen molar-refractivity contribution in [3.63, 3.8) is 0 Å². The van der Waals surface area contributed by atoms with Crippen LogP contribution in [0.3, 0.4) is 0 Å². The molecular weight excluding hydrogens is 750 g/mol. The molecule has 308 valence electrons. The molecule has 7 rings (SSSR count). The van der Waals surface area contributed by atoms with Crippen molar-refractivity contribution in [1.82, 2.24) is 30.4 Å². The van der Waals surface area contributed by atoms with Gasteiger partial charge in [-0.3, -0.25) is 14.6 Å². The van der Waals surface area contributed by atoms with Gasteiger partial charge in [-0.25, -0.2) is 14.6 Å². The van der Waals surface area contributed by atoms with Gasteiger partial charge in [0.25, 0.3) is 0 Å². The minimum absolute atomic E-state index is 0.205. The van der Waals surface area contributed by atoms with Gasteiger partial charge in [0.15, 0.2) is 23.0 Å². The first-order valence-electron chi connectivity index (χ1n) is 19.3. The highest BCUT2D eigenvalue weighted by atomic mass is 16.6. The number of amides is 4. The van der Waals surface area contributed by atoms with Gasteiger partial charge < -0.3 is 53.8 Å². The lowest BCUT2D eigenvalue weighted by molar-refractivity contribution is -0.138. The average molecular weight is 800 g/mol. The zero-order valence-electron chi connectivity index (χ0n) is 33.4. The van der Waals surface area contributed by atoms with Crippen LogP contribution in [-0.4, -0.2) is 121 Å². The van der Waals surface area contributed by atoms with Crippen LogP contribution in [0.2, 0.25) is 0 Å². The molecule has 4 aliphatic rings. The van der Waals surface area contributed by atoms with Crippen molar-refractivity contribution >= 4 is 35.3 Å². The normalized spacial score (nSPS) is 20.3. The summed E-state index contributed by atoms with van der Waals surface area (Å²) in [5.74, 6) is 2.33. The number of nitrogens with one attached hydrogen (secondary N) is 3. The van der Waals surface area contributed by atoms with E-state index in [0.717, 1.165) is 47.4 Å². The van der Waals surface area contributed by atoms with Crippen LogP contribution in [0.5, 0.6) is 23.0 Å². The molecule has 0 bridgehead atoms. The lowest BCUT2D eigenvalue weighted by atomic mass is 9.97. The minimum Gasteiger partial charge on any atom is -0.453 e. The molecule has 5 heterocycles. The van der Waals surface area contributed by atoms with E-state index in [-0.39, 0.29) is 23.9 Å². The number of hydrogen-bond donors (Lipinski definition) is 3. The minimum atomic E-state index is -0.923. The van der Waals surface area contributed by atoms with Crippen LogP contribution in [0.25, 0.3) is 16.8 Å². The third-order valence-electron chi connectivity index (χ3n) is 11.3. The van der Waals surface area contributed by atoms with E-state index in [4.69, 9.17) is 33.4 Å². The number of H-pyrrole nitrogens is 1. The molecule has 4 amide bonds. The summed E-state index contributed by atoms with van der Waals surface area (Å²) in [6.07, 6.45) is 4.64. The Morgan fingerprint density at radius 3 is 1.86 bits per heavy atom. The van der Waals surface area contributed by atoms with E-state index in [1.807, 2.05) is 42.6 Å². The van der Waals surface area contributed by atoms with Gasteiger partial charge in [0.1, 0.15) is 17.9 Å². The fraction of sp³-hybridized carbons (Fsp3) is 0.463. The summed E-state index contributed by atoms with van der Waals surface area (Å²) in [5.41, 5.74) is 4.34. The van der Waals surface area contributed by atoms with E-state index in [0.29, 0.717) is 54.8 Å². The van der Waals surface area contributed by atoms with Crippen molar-refractivity contribution in [3.05, 3.63) is 60.2 Å². The van der Waals surface area contributed by atoms with E-state index < -0.39 is 36.5 Å². The number of alkyl carbamates (subject to hydrolysis) is 2. The highest BCUT2D eigenvalue weighted by Gasteiger charge is 2.41. The molecule has 3 N–H and O–H groups in total. The standard InChI is InChI=1S/C41H49N7O10/c1-22(53-3)35(45-40(51)55-5)38(49)47-15-7-9-29(47)27-17-26(20-42-27)24-11-13-31-33(18-24)57-32-14-12-25(19-34(32)58-31)28-21-43-37(44-28)30-10-8-16-48(30)39(50)36(23(2)54-4)46-41(52)56-6/h11-14,18-23,29-30,35-36H,7-10,15-17H2,1-6H3,(H,43,44)(H,45,51)(H,46,52)/t22-,23-,29+,30+,35+,36+/m1/s1. The molecule has 2 aromatic carbocycles. The van der Waals surface area contributed by atoms with Crippen molar-refractivity contribution in [2.45, 2.75) is 82.3 Å². The monoisotopic (exact) mass is 799 g/mol. The SMILES string of the molecule is COC(=O)N[C@H](C(=O)N1CCC[C@H]1C1=NC=C(c2ccc3c(c2)Oc2ccc(-c4cnc([C@@H]5CCCN5C(=O)[C@@H](NC(=O)OC)[C@@H](C)OC)[nH]4)cc2O3)C1)[C@@H](C)OC. The molecule has 2 saturated heterocycles. The number of ether oxygens (including phenoxy) is 6. The Balaban J connectivity index is 1.00. The molecule has 17 heteroatoms. The largest absolute Gasteiger partial charge is 0.453 e. The zero-order chi connectivity index (χ0) is 41.1. The van der Waals surface area contributed by atoms with Crippen LogP contribution >= 0.6 is 0 Å². The molecule has 0 saturated carbocycles. The molecule has 1 aromatic heterocycles. The molecule has 4 aliphatic heterocycles. The van der Waals surface area contributed by atoms with E-state index >= 15 is 0 Å². The number of aromatic nitrogens is 2. The Hall–Kier alpha value is -5.94. The second-order valence-corrected chi connectivity index (χ2v) is 14.6. The number of aromatic amines is 1. The number of imidazole rings is 1. The van der Waals surface area contributed by atoms with E-state index in [1.165, 1.54) is 28.4 Å². The third kappa shape index (κ3) is 8.09. The van der Waals surface area contributed by atoms with Gasteiger partial charge in [-0.2, -0.15) is 0 Å². The maximum atomic E-state index is 13.7. The number of allylic oxidation sites excluding steroid dienone is 1. The topological polar surface area (TPSA) is 195 Å². The van der Waals surface area contributed by atoms with Crippen LogP contribution in [0.1, 0.15) is 63.4 Å². The van der Waals surface area contributed by atoms with Gasteiger partial charge in [0.2, 0.25) is 11.8 Å². The number of carbonyl (C=O) groups excluding carboxylic acids is 4. The molecule has 0 radical (unpaired) electrons. The summed E-state index contributed by atoms with van der Waals surface area (Å²) >= 11 is 0. The number of benzene rings is 2. The smallest absolute Gasteiger partial charge is 0.407 e. The number of nitrogens with zero attached hydrogens (tertiary/aromatic N) is 4. The first-order valence-corrected chi connectivity index (χ1v) is 19.3. The Morgan fingerprint density at radius 2 is 1.29 bits per heavy atom. The second-order valence-electron chi connectivity index (χ2n) is 14.6. The highest BCUT2D eigenvalue weighted by molar-refractivity contribution is 6.04. The Kier molecular flexibility index (Phi) is 12.0. The van der Waals surface area contributed by atoms with Crippen LogP contribution in [0.4, 0.5) is 9.59 Å². The van der Waals surface area contributed by atoms with Crippen molar-refractivity contribution in [1.29, 1.82) is 0 Å². The molecular formula is C41H49N7O10. The molecule has 17 nitrogen and oxygen atoms in total. The van der Waals surface area contributed by atoms with Crippen molar-refractivity contribution in [2.75, 3.05) is 41.5 Å². The maximum Gasteiger partial charge on any atom is 0.407 e. The van der Waals surface area contributed by atoms with Crippen molar-refractivity contribution in [3.8, 4) is 34.3 Å². The molecule has 0 spiro atoms. The molecule has 3 aromatic rings. The fourth-order valence-electron chi connectivity index (χ4n) is 7.88. The first-order chi connectivity index (χ1) is 28.0. The summed E-state index contributed by atoms with van der Waals surface area (Å²) in [6.45, 7) is 4.51. The van der Waals surface area contributed by atoms with Crippen LogP contribution in [0.15, 0.2) is 53.8 Å². The molecule has 0 unspecified atom stereocenters. The van der Waals surface area contributed by atoms with Crippen LogP contribution in [0, 0.1) is 0 Å². The lowest BCUT2D eigenvalue weighted by Gasteiger charge is -2.31. The quantitative estimate of drug-likeness (QED) is 0.168. The van der Waals surface area contributed by atoms with E-state index in [1.54, 1.807) is 29.8 Å². The maximum absolute atomic E-state index is 13.7. The van der Waals surface area contributed by atoms with E-state index in [2.05, 4.69) is 20.6 Å². The van der Waals surface area contributed by atoms with Crippen LogP contribution in [-0.2, 0) is 28.5 Å². The molecule has 0 aliphatic carbocycles. The summed E-state index contributed by atoms with van der Waals surface area (Å²) in [4.78, 5) is 67.7. The second kappa shape index (κ2) is 17.3. The van der Waals surface area contributed by atoms with Gasteiger partial charge in [0, 0.05) is 51.2 Å². The number of likely N-dealkylation sites (tertiary alicyclic amines) is 2. The summed E-state index contributed by atoms with van der Waals surface area (Å²) in [5, 5.41) is 5.24. The number of aliphatic imine (C=N–C) groups is 1. The number of rotatable bonds is 12. The van der Waals surface area contributed by atoms with E-state index in [9.17, 15) is 19.2 Å². The lowest BCUT2D eigenvalue weighted by Crippen LogP contribution is -2.56. The summed E-state index contributed by atoms with van der Waals surface area (Å²) < 4.78 is 33.0. The first kappa shape index (κ1) is 40.3. The van der Waals surface area contributed by atoms with Gasteiger partial charge in [-0.1, -0.05) is 6.07 Å².